The summed E-state index contributed by atoms with van der Waals surface area (Å²) in [6.07, 6.45) is 3.07. The predicted molar refractivity (Wildman–Crippen MR) is 122 cm³/mol. The van der Waals surface area contributed by atoms with Gasteiger partial charge in [0, 0.05) is 16.1 Å². The number of para-hydroxylation sites is 1. The molecule has 0 aliphatic heterocycles. The summed E-state index contributed by atoms with van der Waals surface area (Å²) < 4.78 is 11.0. The Bertz CT molecular complexity index is 960. The van der Waals surface area contributed by atoms with E-state index in [0.717, 1.165) is 0 Å². The summed E-state index contributed by atoms with van der Waals surface area (Å²) in [6.45, 7) is 7.58. The van der Waals surface area contributed by atoms with Gasteiger partial charge in [-0.2, -0.15) is 5.10 Å². The van der Waals surface area contributed by atoms with Crippen molar-refractivity contribution in [1.29, 1.82) is 0 Å². The van der Waals surface area contributed by atoms with Gasteiger partial charge in [0.2, 0.25) is 0 Å². The molecule has 0 fully saturated rings. The lowest BCUT2D eigenvalue weighted by Crippen LogP contribution is -2.48. The Hall–Kier alpha value is -3.32. The highest BCUT2D eigenvalue weighted by Crippen LogP contribution is 2.30. The Morgan fingerprint density at radius 2 is 1.97 bits per heavy atom. The molecule has 2 aromatic carbocycles. The number of methoxy groups -OCH3 is 1. The quantitative estimate of drug-likeness (QED) is 0.332. The molecule has 0 spiro atoms. The van der Waals surface area contributed by atoms with Crippen LogP contribution in [0.1, 0.15) is 29.8 Å². The van der Waals surface area contributed by atoms with E-state index >= 15 is 0 Å². The molecule has 0 bridgehead atoms. The lowest BCUT2D eigenvalue weighted by atomic mass is 10.0. The Balaban J connectivity index is 2.11. The molecule has 8 heteroatoms. The Morgan fingerprint density at radius 3 is 2.61 bits per heavy atom. The second-order valence-electron chi connectivity index (χ2n) is 6.92. The minimum absolute atomic E-state index is 0.165. The number of rotatable bonds is 10. The minimum atomic E-state index is -0.787. The van der Waals surface area contributed by atoms with Crippen molar-refractivity contribution in [3.8, 4) is 11.5 Å². The number of carbonyl (C=O) groups is 2. The lowest BCUT2D eigenvalue weighted by Gasteiger charge is -2.20. The zero-order valence-corrected chi connectivity index (χ0v) is 18.5. The van der Waals surface area contributed by atoms with Crippen LogP contribution in [0.15, 0.2) is 60.2 Å². The largest absolute Gasteiger partial charge is 0.493 e. The number of carbonyl (C=O) groups excluding carboxylic acids is 2. The first-order chi connectivity index (χ1) is 14.9. The molecule has 0 radical (unpaired) electrons. The van der Waals surface area contributed by atoms with Gasteiger partial charge in [-0.25, -0.2) is 5.43 Å². The standard InChI is InChI=1S/C23H26ClN3O4/c1-5-12-31-21-17(9-7-11-19(21)30-4)14-25-27-23(29)20(15(2)3)26-22(28)16-8-6-10-18(24)13-16/h5-11,13-15,20H,1,12H2,2-4H3,(H,26,28)(H,27,29)/b25-14-. The van der Waals surface area contributed by atoms with Gasteiger partial charge in [0.05, 0.1) is 13.3 Å². The second-order valence-corrected chi connectivity index (χ2v) is 7.35. The molecular formula is C23H26ClN3O4. The van der Waals surface area contributed by atoms with Gasteiger partial charge in [0.25, 0.3) is 11.8 Å². The maximum atomic E-state index is 12.7. The third-order valence-electron chi connectivity index (χ3n) is 4.28. The first-order valence-electron chi connectivity index (χ1n) is 9.67. The third-order valence-corrected chi connectivity index (χ3v) is 4.51. The molecule has 0 aromatic heterocycles. The van der Waals surface area contributed by atoms with Crippen LogP contribution in [-0.2, 0) is 4.79 Å². The van der Waals surface area contributed by atoms with Crippen molar-refractivity contribution in [3.05, 3.63) is 71.3 Å². The number of amides is 2. The highest BCUT2D eigenvalue weighted by Gasteiger charge is 2.24. The molecule has 1 atom stereocenters. The Morgan fingerprint density at radius 1 is 1.23 bits per heavy atom. The zero-order valence-electron chi connectivity index (χ0n) is 17.7. The van der Waals surface area contributed by atoms with Gasteiger partial charge >= 0.3 is 0 Å². The molecule has 0 saturated heterocycles. The molecule has 2 rings (SSSR count). The fraction of sp³-hybridized carbons (Fsp3) is 0.261. The summed E-state index contributed by atoms with van der Waals surface area (Å²) in [5, 5.41) is 7.19. The average Bonchev–Trinajstić information content (AvgIpc) is 2.75. The Kier molecular flexibility index (Phi) is 9.09. The summed E-state index contributed by atoms with van der Waals surface area (Å²) in [6, 6.07) is 11.0. The van der Waals surface area contributed by atoms with E-state index < -0.39 is 17.9 Å². The molecule has 31 heavy (non-hydrogen) atoms. The number of benzene rings is 2. The topological polar surface area (TPSA) is 89.0 Å². The van der Waals surface area contributed by atoms with Gasteiger partial charge in [-0.3, -0.25) is 9.59 Å². The van der Waals surface area contributed by atoms with Gasteiger partial charge in [-0.05, 0) is 36.2 Å². The summed E-state index contributed by atoms with van der Waals surface area (Å²) in [7, 11) is 1.54. The molecule has 0 saturated carbocycles. The molecule has 1 unspecified atom stereocenters. The van der Waals surface area contributed by atoms with E-state index in [4.69, 9.17) is 21.1 Å². The van der Waals surface area contributed by atoms with Crippen LogP contribution in [0.25, 0.3) is 0 Å². The smallest absolute Gasteiger partial charge is 0.262 e. The van der Waals surface area contributed by atoms with E-state index in [-0.39, 0.29) is 5.92 Å². The number of halogens is 1. The maximum Gasteiger partial charge on any atom is 0.262 e. The molecular weight excluding hydrogens is 418 g/mol. The van der Waals surface area contributed by atoms with Gasteiger partial charge in [-0.1, -0.05) is 50.2 Å². The highest BCUT2D eigenvalue weighted by atomic mass is 35.5. The SMILES string of the molecule is C=CCOc1c(/C=N\NC(=O)C(NC(=O)c2cccc(Cl)c2)C(C)C)cccc1OC. The maximum absolute atomic E-state index is 12.7. The molecule has 0 aliphatic rings. The van der Waals surface area contributed by atoms with Crippen LogP contribution < -0.4 is 20.2 Å². The van der Waals surface area contributed by atoms with Gasteiger partial charge in [-0.15, -0.1) is 0 Å². The number of ether oxygens (including phenoxy) is 2. The zero-order chi connectivity index (χ0) is 22.8. The van der Waals surface area contributed by atoms with Crippen LogP contribution >= 0.6 is 11.6 Å². The fourth-order valence-electron chi connectivity index (χ4n) is 2.72. The fourth-order valence-corrected chi connectivity index (χ4v) is 2.91. The molecule has 0 heterocycles. The second kappa shape index (κ2) is 11.8. The number of hydrogen-bond donors (Lipinski definition) is 2. The van der Waals surface area contributed by atoms with Gasteiger partial charge < -0.3 is 14.8 Å². The van der Waals surface area contributed by atoms with Crippen molar-refractivity contribution in [2.45, 2.75) is 19.9 Å². The Labute approximate surface area is 187 Å². The van der Waals surface area contributed by atoms with Gasteiger partial charge in [0.1, 0.15) is 12.6 Å². The monoisotopic (exact) mass is 443 g/mol. The number of nitrogens with zero attached hydrogens (tertiary/aromatic N) is 1. The molecule has 2 amide bonds. The van der Waals surface area contributed by atoms with Crippen molar-refractivity contribution < 1.29 is 19.1 Å². The number of nitrogens with one attached hydrogen (secondary N) is 2. The van der Waals surface area contributed by atoms with E-state index in [0.29, 0.717) is 34.3 Å². The average molecular weight is 444 g/mol. The van der Waals surface area contributed by atoms with Crippen LogP contribution in [-0.4, -0.2) is 37.8 Å². The van der Waals surface area contributed by atoms with E-state index in [1.165, 1.54) is 19.4 Å². The van der Waals surface area contributed by atoms with Crippen LogP contribution in [0.5, 0.6) is 11.5 Å². The predicted octanol–water partition coefficient (Wildman–Crippen LogP) is 3.82. The third kappa shape index (κ3) is 6.86. The van der Waals surface area contributed by atoms with Crippen molar-refractivity contribution >= 4 is 29.6 Å². The van der Waals surface area contributed by atoms with Crippen molar-refractivity contribution in [1.82, 2.24) is 10.7 Å². The molecule has 2 N–H and O–H groups in total. The summed E-state index contributed by atoms with van der Waals surface area (Å²) in [5.41, 5.74) is 3.46. The first-order valence-corrected chi connectivity index (χ1v) is 10.0. The van der Waals surface area contributed by atoms with E-state index in [1.807, 2.05) is 13.8 Å². The number of hydrazone groups is 1. The van der Waals surface area contributed by atoms with Crippen molar-refractivity contribution in [2.75, 3.05) is 13.7 Å². The van der Waals surface area contributed by atoms with Crippen molar-refractivity contribution in [2.24, 2.45) is 11.0 Å². The molecule has 2 aromatic rings. The first kappa shape index (κ1) is 24.0. The molecule has 164 valence electrons. The van der Waals surface area contributed by atoms with Gasteiger partial charge in [0.15, 0.2) is 11.5 Å². The normalized spacial score (nSPS) is 11.8. The molecule has 0 aliphatic carbocycles. The highest BCUT2D eigenvalue weighted by molar-refractivity contribution is 6.31. The molecule has 7 nitrogen and oxygen atoms in total. The summed E-state index contributed by atoms with van der Waals surface area (Å²) in [4.78, 5) is 25.2. The van der Waals surface area contributed by atoms with E-state index in [2.05, 4.69) is 22.4 Å². The van der Waals surface area contributed by atoms with E-state index in [1.54, 1.807) is 42.5 Å². The van der Waals surface area contributed by atoms with E-state index in [9.17, 15) is 9.59 Å². The van der Waals surface area contributed by atoms with Crippen molar-refractivity contribution in [3.63, 3.8) is 0 Å². The minimum Gasteiger partial charge on any atom is -0.493 e. The summed E-state index contributed by atoms with van der Waals surface area (Å²) >= 11 is 5.94. The number of hydrogen-bond acceptors (Lipinski definition) is 5. The van der Waals surface area contributed by atoms with Crippen LogP contribution in [0.3, 0.4) is 0 Å². The van der Waals surface area contributed by atoms with Crippen LogP contribution in [0, 0.1) is 5.92 Å². The van der Waals surface area contributed by atoms with Crippen LogP contribution in [0.2, 0.25) is 5.02 Å². The summed E-state index contributed by atoms with van der Waals surface area (Å²) in [5.74, 6) is 0.0106. The van der Waals surface area contributed by atoms with Crippen LogP contribution in [0.4, 0.5) is 0 Å². The lowest BCUT2D eigenvalue weighted by molar-refractivity contribution is -0.123.